The van der Waals surface area contributed by atoms with E-state index in [-0.39, 0.29) is 5.69 Å². The summed E-state index contributed by atoms with van der Waals surface area (Å²) < 4.78 is 0. The maximum Gasteiger partial charge on any atom is 0.269 e. The number of aromatic nitrogens is 2. The van der Waals surface area contributed by atoms with Gasteiger partial charge in [0, 0.05) is 12.1 Å². The van der Waals surface area contributed by atoms with Gasteiger partial charge in [0.05, 0.1) is 16.6 Å². The van der Waals surface area contributed by atoms with Gasteiger partial charge in [-0.25, -0.2) is 0 Å². The minimum absolute atomic E-state index is 0.0195. The lowest BCUT2D eigenvalue weighted by Crippen LogP contribution is -1.94. The van der Waals surface area contributed by atoms with Gasteiger partial charge in [-0.1, -0.05) is 24.0 Å². The lowest BCUT2D eigenvalue weighted by molar-refractivity contribution is -0.384. The summed E-state index contributed by atoms with van der Waals surface area (Å²) in [5.41, 5.74) is 2.96. The van der Waals surface area contributed by atoms with Crippen LogP contribution in [-0.4, -0.2) is 9.91 Å². The largest absolute Gasteiger partial charge is 0.440 e. The third-order valence-electron chi connectivity index (χ3n) is 3.39. The van der Waals surface area contributed by atoms with Crippen LogP contribution < -0.4 is 4.98 Å². The van der Waals surface area contributed by atoms with E-state index < -0.39 is 4.92 Å². The highest BCUT2D eigenvalue weighted by Gasteiger charge is 2.04. The summed E-state index contributed by atoms with van der Waals surface area (Å²) in [6, 6.07) is 13.9. The molecule has 0 radical (unpaired) electrons. The molecule has 0 fully saturated rings. The monoisotopic (exact) mass is 291 g/mol. The second-order valence-electron chi connectivity index (χ2n) is 4.88. The first-order valence-electron chi connectivity index (χ1n) is 6.72. The molecule has 6 nitrogen and oxygen atoms in total. The van der Waals surface area contributed by atoms with E-state index in [0.29, 0.717) is 28.8 Å². The number of nitriles is 1. The quantitative estimate of drug-likeness (QED) is 0.544. The highest BCUT2D eigenvalue weighted by Crippen LogP contribution is 2.19. The van der Waals surface area contributed by atoms with Crippen LogP contribution in [-0.2, 0) is 12.8 Å². The van der Waals surface area contributed by atoms with Crippen molar-refractivity contribution in [2.45, 2.75) is 12.8 Å². The number of fused-ring (bicyclic) bond motifs is 1. The van der Waals surface area contributed by atoms with Crippen molar-refractivity contribution < 1.29 is 4.92 Å². The van der Waals surface area contributed by atoms with Gasteiger partial charge in [-0.05, 0) is 41.6 Å². The zero-order chi connectivity index (χ0) is 15.5. The number of aryl methyl sites for hydroxylation is 2. The molecular weight excluding hydrogens is 280 g/mol. The lowest BCUT2D eigenvalue weighted by Gasteiger charge is -2.04. The summed E-state index contributed by atoms with van der Waals surface area (Å²) in [6.07, 6.45) is 1.40. The number of imidazole rings is 1. The fraction of sp³-hybridized carbons (Fsp3) is 0.125. The van der Waals surface area contributed by atoms with Gasteiger partial charge in [0.25, 0.3) is 5.69 Å². The van der Waals surface area contributed by atoms with E-state index in [0.717, 1.165) is 12.0 Å². The highest BCUT2D eigenvalue weighted by molar-refractivity contribution is 5.77. The van der Waals surface area contributed by atoms with E-state index in [1.54, 1.807) is 18.2 Å². The average molecular weight is 291 g/mol. The Bertz CT molecular complexity index is 875. The molecule has 0 aliphatic heterocycles. The van der Waals surface area contributed by atoms with Crippen LogP contribution in [0.25, 0.3) is 11.0 Å². The van der Waals surface area contributed by atoms with Crippen molar-refractivity contribution in [3.05, 3.63) is 69.5 Å². The molecule has 0 aliphatic carbocycles. The summed E-state index contributed by atoms with van der Waals surface area (Å²) in [4.78, 5) is 19.0. The predicted molar refractivity (Wildman–Crippen MR) is 80.3 cm³/mol. The normalized spacial score (nSPS) is 10.5. The molecule has 0 bridgehead atoms. The number of nitrogens with zero attached hydrogens (tertiary/aromatic N) is 4. The van der Waals surface area contributed by atoms with Gasteiger partial charge in [-0.15, -0.1) is 0 Å². The Labute approximate surface area is 126 Å². The van der Waals surface area contributed by atoms with Crippen LogP contribution in [0.15, 0.2) is 42.5 Å². The van der Waals surface area contributed by atoms with Gasteiger partial charge < -0.3 is 9.97 Å². The van der Waals surface area contributed by atoms with E-state index in [1.807, 2.05) is 12.1 Å². The first-order valence-corrected chi connectivity index (χ1v) is 6.72. The molecule has 0 unspecified atom stereocenters. The van der Waals surface area contributed by atoms with Gasteiger partial charge >= 0.3 is 0 Å². The van der Waals surface area contributed by atoms with E-state index in [9.17, 15) is 10.1 Å². The minimum Gasteiger partial charge on any atom is -0.440 e. The van der Waals surface area contributed by atoms with E-state index >= 15 is 0 Å². The fourth-order valence-corrected chi connectivity index (χ4v) is 2.23. The maximum absolute atomic E-state index is 10.7. The Balaban J connectivity index is 1.76. The Morgan fingerprint density at radius 3 is 2.64 bits per heavy atom. The van der Waals surface area contributed by atoms with Gasteiger partial charge in [-0.3, -0.25) is 10.1 Å². The number of nitro benzene ring substituents is 1. The van der Waals surface area contributed by atoms with E-state index in [2.05, 4.69) is 16.0 Å². The SMILES string of the molecule is N#Cc1ccc(CCc2nc3cc([N+](=O)[O-])ccc3[n-]2)cc1. The Kier molecular flexibility index (Phi) is 3.54. The highest BCUT2D eigenvalue weighted by atomic mass is 16.6. The summed E-state index contributed by atoms with van der Waals surface area (Å²) in [5.74, 6) is 0.667. The van der Waals surface area contributed by atoms with Crippen molar-refractivity contribution in [2.75, 3.05) is 0 Å². The number of benzene rings is 2. The number of non-ortho nitro benzene ring substituents is 1. The van der Waals surface area contributed by atoms with E-state index in [4.69, 9.17) is 5.26 Å². The van der Waals surface area contributed by atoms with Crippen molar-refractivity contribution in [1.29, 1.82) is 5.26 Å². The van der Waals surface area contributed by atoms with Crippen molar-refractivity contribution in [3.63, 3.8) is 0 Å². The molecule has 3 rings (SSSR count). The topological polar surface area (TPSA) is 93.9 Å². The van der Waals surface area contributed by atoms with E-state index in [1.165, 1.54) is 12.1 Å². The summed E-state index contributed by atoms with van der Waals surface area (Å²) in [5, 5.41) is 19.5. The van der Waals surface area contributed by atoms with Crippen LogP contribution in [0.4, 0.5) is 5.69 Å². The Morgan fingerprint density at radius 1 is 1.18 bits per heavy atom. The van der Waals surface area contributed by atoms with Gasteiger partial charge in [-0.2, -0.15) is 5.26 Å². The third kappa shape index (κ3) is 2.79. The molecule has 0 amide bonds. The molecule has 2 aromatic carbocycles. The second kappa shape index (κ2) is 5.66. The Morgan fingerprint density at radius 2 is 1.95 bits per heavy atom. The van der Waals surface area contributed by atoms with Crippen molar-refractivity contribution in [1.82, 2.24) is 9.97 Å². The summed E-state index contributed by atoms with van der Waals surface area (Å²) >= 11 is 0. The first-order chi connectivity index (χ1) is 10.7. The minimum atomic E-state index is -0.440. The Hall–Kier alpha value is -3.20. The molecule has 1 heterocycles. The molecule has 22 heavy (non-hydrogen) atoms. The number of nitro groups is 1. The number of hydrogen-bond acceptors (Lipinski definition) is 4. The predicted octanol–water partition coefficient (Wildman–Crippen LogP) is 2.76. The van der Waals surface area contributed by atoms with Crippen molar-refractivity contribution in [3.8, 4) is 6.07 Å². The summed E-state index contributed by atoms with van der Waals surface area (Å²) in [7, 11) is 0. The van der Waals surface area contributed by atoms with Crippen LogP contribution in [0.5, 0.6) is 0 Å². The van der Waals surface area contributed by atoms with Gasteiger partial charge in [0.1, 0.15) is 0 Å². The molecule has 3 aromatic rings. The molecule has 0 spiro atoms. The zero-order valence-electron chi connectivity index (χ0n) is 11.6. The molecule has 108 valence electrons. The van der Waals surface area contributed by atoms with Crippen LogP contribution in [0.2, 0.25) is 0 Å². The molecular formula is C16H11N4O2-. The lowest BCUT2D eigenvalue weighted by atomic mass is 10.1. The van der Waals surface area contributed by atoms with Crippen LogP contribution in [0.1, 0.15) is 17.0 Å². The molecule has 0 N–H and O–H groups in total. The molecule has 0 saturated heterocycles. The standard InChI is InChI=1S/C16H11N4O2/c17-10-12-3-1-11(2-4-12)5-8-16-18-14-7-6-13(20(21)22)9-15(14)19-16/h1-4,6-7,9H,5,8H2/q-1. The summed E-state index contributed by atoms with van der Waals surface area (Å²) in [6.45, 7) is 0. The molecule has 0 atom stereocenters. The first kappa shape index (κ1) is 13.8. The number of rotatable bonds is 4. The maximum atomic E-state index is 10.7. The fourth-order valence-electron chi connectivity index (χ4n) is 2.23. The molecule has 1 aromatic heterocycles. The van der Waals surface area contributed by atoms with Crippen LogP contribution in [0.3, 0.4) is 0 Å². The average Bonchev–Trinajstić information content (AvgIpc) is 2.95. The number of hydrogen-bond donors (Lipinski definition) is 0. The van der Waals surface area contributed by atoms with Crippen LogP contribution >= 0.6 is 0 Å². The molecule has 0 saturated carbocycles. The zero-order valence-corrected chi connectivity index (χ0v) is 11.6. The third-order valence-corrected chi connectivity index (χ3v) is 3.39. The van der Waals surface area contributed by atoms with Crippen LogP contribution in [0, 0.1) is 21.4 Å². The second-order valence-corrected chi connectivity index (χ2v) is 4.88. The molecule has 6 heteroatoms. The van der Waals surface area contributed by atoms with Crippen molar-refractivity contribution in [2.24, 2.45) is 0 Å². The molecule has 0 aliphatic rings. The van der Waals surface area contributed by atoms with Gasteiger partial charge in [0.15, 0.2) is 0 Å². The smallest absolute Gasteiger partial charge is 0.269 e. The van der Waals surface area contributed by atoms with Crippen molar-refractivity contribution >= 4 is 16.7 Å². The van der Waals surface area contributed by atoms with Gasteiger partial charge in [0.2, 0.25) is 0 Å².